The standard InChI is InChI=1S/C18H25N3O5/c1-3-25-17(23)14-7-5-6-8-15(14)19-16(22)13-20-9-11-21(12-10-20)18(24)26-4-2/h5-8H,3-4,9-13H2,1-2H3,(H,19,22)/p+1. The predicted molar refractivity (Wildman–Crippen MR) is 95.2 cm³/mol. The summed E-state index contributed by atoms with van der Waals surface area (Å²) in [5.74, 6) is -0.639. The van der Waals surface area contributed by atoms with Gasteiger partial charge in [-0.1, -0.05) is 12.1 Å². The number of benzene rings is 1. The van der Waals surface area contributed by atoms with Gasteiger partial charge in [0, 0.05) is 0 Å². The summed E-state index contributed by atoms with van der Waals surface area (Å²) in [4.78, 5) is 38.7. The van der Waals surface area contributed by atoms with Crippen molar-refractivity contribution in [3.63, 3.8) is 0 Å². The zero-order valence-corrected chi connectivity index (χ0v) is 15.2. The molecule has 2 rings (SSSR count). The first-order valence-corrected chi connectivity index (χ1v) is 8.86. The van der Waals surface area contributed by atoms with Crippen molar-refractivity contribution in [2.45, 2.75) is 13.8 Å². The first-order chi connectivity index (χ1) is 12.5. The molecule has 1 aliphatic rings. The van der Waals surface area contributed by atoms with Gasteiger partial charge in [-0.3, -0.25) is 9.69 Å². The molecule has 8 heteroatoms. The molecule has 1 fully saturated rings. The van der Waals surface area contributed by atoms with Crippen LogP contribution in [0, 0.1) is 0 Å². The van der Waals surface area contributed by atoms with Crippen molar-refractivity contribution in [2.24, 2.45) is 0 Å². The Morgan fingerprint density at radius 2 is 1.73 bits per heavy atom. The summed E-state index contributed by atoms with van der Waals surface area (Å²) in [7, 11) is 0. The zero-order chi connectivity index (χ0) is 18.9. The maximum Gasteiger partial charge on any atom is 0.410 e. The van der Waals surface area contributed by atoms with Crippen LogP contribution in [-0.2, 0) is 14.3 Å². The lowest BCUT2D eigenvalue weighted by Crippen LogP contribution is -3.15. The number of nitrogens with zero attached hydrogens (tertiary/aromatic N) is 1. The summed E-state index contributed by atoms with van der Waals surface area (Å²) < 4.78 is 10.00. The van der Waals surface area contributed by atoms with E-state index in [1.54, 1.807) is 43.0 Å². The molecule has 1 aromatic rings. The molecular formula is C18H26N3O5+. The molecular weight excluding hydrogens is 338 g/mol. The average molecular weight is 364 g/mol. The SMILES string of the molecule is CCOC(=O)c1ccccc1NC(=O)C[NH+]1CCN(C(=O)OCC)CC1. The van der Waals surface area contributed by atoms with E-state index in [0.29, 0.717) is 44.0 Å². The second-order valence-corrected chi connectivity index (χ2v) is 5.93. The van der Waals surface area contributed by atoms with Crippen molar-refractivity contribution in [1.82, 2.24) is 4.90 Å². The van der Waals surface area contributed by atoms with Gasteiger partial charge < -0.3 is 19.7 Å². The highest BCUT2D eigenvalue weighted by Gasteiger charge is 2.26. The molecule has 0 aromatic heterocycles. The Hall–Kier alpha value is -2.61. The second-order valence-electron chi connectivity index (χ2n) is 5.93. The fourth-order valence-corrected chi connectivity index (χ4v) is 2.80. The molecule has 1 aromatic carbocycles. The molecule has 0 aliphatic carbocycles. The molecule has 8 nitrogen and oxygen atoms in total. The number of hydrogen-bond acceptors (Lipinski definition) is 5. The molecule has 0 radical (unpaired) electrons. The van der Waals surface area contributed by atoms with Gasteiger partial charge in [-0.25, -0.2) is 9.59 Å². The van der Waals surface area contributed by atoms with Crippen molar-refractivity contribution in [3.05, 3.63) is 29.8 Å². The predicted octanol–water partition coefficient (Wildman–Crippen LogP) is 0.159. The fraction of sp³-hybridized carbons (Fsp3) is 0.500. The zero-order valence-electron chi connectivity index (χ0n) is 15.2. The Balaban J connectivity index is 1.87. The minimum atomic E-state index is -0.459. The average Bonchev–Trinajstić information content (AvgIpc) is 2.63. The summed E-state index contributed by atoms with van der Waals surface area (Å²) in [6.45, 7) is 6.87. The lowest BCUT2D eigenvalue weighted by molar-refractivity contribution is -0.895. The summed E-state index contributed by atoms with van der Waals surface area (Å²) in [5.41, 5.74) is 0.783. The van der Waals surface area contributed by atoms with Gasteiger partial charge >= 0.3 is 12.1 Å². The van der Waals surface area contributed by atoms with E-state index in [1.807, 2.05) is 0 Å². The third-order valence-corrected chi connectivity index (χ3v) is 4.10. The van der Waals surface area contributed by atoms with Gasteiger partial charge in [-0.05, 0) is 26.0 Å². The van der Waals surface area contributed by atoms with E-state index >= 15 is 0 Å². The molecule has 142 valence electrons. The number of rotatable bonds is 6. The van der Waals surface area contributed by atoms with Crippen LogP contribution in [0.2, 0.25) is 0 Å². The van der Waals surface area contributed by atoms with Gasteiger partial charge in [0.15, 0.2) is 6.54 Å². The number of anilines is 1. The molecule has 0 unspecified atom stereocenters. The van der Waals surface area contributed by atoms with Gasteiger partial charge in [-0.2, -0.15) is 0 Å². The van der Waals surface area contributed by atoms with Gasteiger partial charge in [0.2, 0.25) is 0 Å². The maximum absolute atomic E-state index is 12.3. The third kappa shape index (κ3) is 5.45. The largest absolute Gasteiger partial charge is 0.462 e. The van der Waals surface area contributed by atoms with E-state index in [-0.39, 0.29) is 25.2 Å². The highest BCUT2D eigenvalue weighted by Crippen LogP contribution is 2.15. The van der Waals surface area contributed by atoms with Crippen LogP contribution in [0.3, 0.4) is 0 Å². The van der Waals surface area contributed by atoms with Crippen LogP contribution in [0.15, 0.2) is 24.3 Å². The lowest BCUT2D eigenvalue weighted by Gasteiger charge is -2.31. The van der Waals surface area contributed by atoms with Gasteiger partial charge in [0.25, 0.3) is 5.91 Å². The molecule has 0 spiro atoms. The molecule has 0 saturated carbocycles. The summed E-state index contributed by atoms with van der Waals surface area (Å²) in [6, 6.07) is 6.78. The van der Waals surface area contributed by atoms with Crippen molar-refractivity contribution < 1.29 is 28.8 Å². The van der Waals surface area contributed by atoms with E-state index in [9.17, 15) is 14.4 Å². The Bertz CT molecular complexity index is 641. The second kappa shape index (κ2) is 9.76. The molecule has 0 atom stereocenters. The minimum absolute atomic E-state index is 0.179. The topological polar surface area (TPSA) is 89.4 Å². The minimum Gasteiger partial charge on any atom is -0.462 e. The number of para-hydroxylation sites is 1. The summed E-state index contributed by atoms with van der Waals surface area (Å²) >= 11 is 0. The van der Waals surface area contributed by atoms with Gasteiger partial charge in [-0.15, -0.1) is 0 Å². The number of piperazine rings is 1. The normalized spacial score (nSPS) is 14.6. The number of quaternary nitrogens is 1. The summed E-state index contributed by atoms with van der Waals surface area (Å²) in [5, 5.41) is 2.79. The molecule has 1 saturated heterocycles. The van der Waals surface area contributed by atoms with E-state index in [0.717, 1.165) is 4.90 Å². The van der Waals surface area contributed by atoms with Crippen LogP contribution < -0.4 is 10.2 Å². The number of hydrogen-bond donors (Lipinski definition) is 2. The van der Waals surface area contributed by atoms with Crippen LogP contribution >= 0.6 is 0 Å². The smallest absolute Gasteiger partial charge is 0.410 e. The van der Waals surface area contributed by atoms with Crippen molar-refractivity contribution >= 4 is 23.7 Å². The van der Waals surface area contributed by atoms with E-state index in [4.69, 9.17) is 9.47 Å². The first-order valence-electron chi connectivity index (χ1n) is 8.86. The van der Waals surface area contributed by atoms with Crippen LogP contribution in [0.25, 0.3) is 0 Å². The number of amides is 2. The fourth-order valence-electron chi connectivity index (χ4n) is 2.80. The third-order valence-electron chi connectivity index (χ3n) is 4.10. The molecule has 2 N–H and O–H groups in total. The Morgan fingerprint density at radius 3 is 2.38 bits per heavy atom. The molecule has 2 amide bonds. The molecule has 0 bridgehead atoms. The first kappa shape index (κ1) is 19.7. The van der Waals surface area contributed by atoms with Crippen LogP contribution in [0.5, 0.6) is 0 Å². The highest BCUT2D eigenvalue weighted by atomic mass is 16.6. The Kier molecular flexibility index (Phi) is 7.40. The molecule has 1 heterocycles. The molecule has 26 heavy (non-hydrogen) atoms. The highest BCUT2D eigenvalue weighted by molar-refractivity contribution is 6.01. The maximum atomic E-state index is 12.3. The number of ether oxygens (including phenoxy) is 2. The number of carbonyl (C=O) groups is 3. The Morgan fingerprint density at radius 1 is 1.08 bits per heavy atom. The number of esters is 1. The number of nitrogens with one attached hydrogen (secondary N) is 2. The van der Waals surface area contributed by atoms with Crippen molar-refractivity contribution in [1.29, 1.82) is 0 Å². The van der Waals surface area contributed by atoms with E-state index in [2.05, 4.69) is 5.32 Å². The van der Waals surface area contributed by atoms with Crippen LogP contribution in [-0.4, -0.2) is 68.8 Å². The van der Waals surface area contributed by atoms with Crippen molar-refractivity contribution in [2.75, 3.05) is 51.3 Å². The lowest BCUT2D eigenvalue weighted by atomic mass is 10.2. The monoisotopic (exact) mass is 364 g/mol. The quantitative estimate of drug-likeness (QED) is 0.702. The summed E-state index contributed by atoms with van der Waals surface area (Å²) in [6.07, 6.45) is -0.306. The van der Waals surface area contributed by atoms with E-state index in [1.165, 1.54) is 0 Å². The Labute approximate surface area is 153 Å². The van der Waals surface area contributed by atoms with Gasteiger partial charge in [0.1, 0.15) is 0 Å². The number of carbonyl (C=O) groups excluding carboxylic acids is 3. The van der Waals surface area contributed by atoms with Crippen LogP contribution in [0.4, 0.5) is 10.5 Å². The van der Waals surface area contributed by atoms with E-state index < -0.39 is 5.97 Å². The van der Waals surface area contributed by atoms with Gasteiger partial charge in [0.05, 0.1) is 50.6 Å². The van der Waals surface area contributed by atoms with Crippen molar-refractivity contribution in [3.8, 4) is 0 Å². The van der Waals surface area contributed by atoms with Crippen LogP contribution in [0.1, 0.15) is 24.2 Å². The molecule has 1 aliphatic heterocycles.